The van der Waals surface area contributed by atoms with Crippen molar-refractivity contribution in [2.24, 2.45) is 0 Å². The molecule has 30 heavy (non-hydrogen) atoms. The summed E-state index contributed by atoms with van der Waals surface area (Å²) in [5.74, 6) is 0.175. The van der Waals surface area contributed by atoms with Crippen LogP contribution in [0.15, 0.2) is 71.8 Å². The minimum absolute atomic E-state index is 0.00330. The zero-order valence-corrected chi connectivity index (χ0v) is 17.3. The van der Waals surface area contributed by atoms with E-state index in [9.17, 15) is 9.59 Å². The maximum atomic E-state index is 12.9. The topological polar surface area (TPSA) is 72.7 Å². The molecule has 0 saturated carbocycles. The average Bonchev–Trinajstić information content (AvgIpc) is 3.17. The number of hydrogen-bond acceptors (Lipinski definition) is 5. The van der Waals surface area contributed by atoms with E-state index in [0.29, 0.717) is 29.4 Å². The molecule has 0 aliphatic heterocycles. The summed E-state index contributed by atoms with van der Waals surface area (Å²) in [6.07, 6.45) is 4.71. The summed E-state index contributed by atoms with van der Waals surface area (Å²) in [4.78, 5) is 31.5. The SMILES string of the molecule is CCCOc1cccc(NC(=O)c2cnc3sc(Cc4ccccc4)cn3c2=O)c1. The molecule has 0 saturated heterocycles. The number of fused-ring (bicyclic) bond motifs is 1. The summed E-state index contributed by atoms with van der Waals surface area (Å²) in [6.45, 7) is 2.63. The fourth-order valence-electron chi connectivity index (χ4n) is 3.05. The molecular weight excluding hydrogens is 398 g/mol. The number of benzene rings is 2. The van der Waals surface area contributed by atoms with Crippen LogP contribution in [0.2, 0.25) is 0 Å². The van der Waals surface area contributed by atoms with E-state index in [4.69, 9.17) is 4.74 Å². The normalized spacial score (nSPS) is 10.8. The third kappa shape index (κ3) is 4.41. The molecule has 4 aromatic rings. The number of anilines is 1. The first-order chi connectivity index (χ1) is 14.6. The Morgan fingerprint density at radius 1 is 1.17 bits per heavy atom. The van der Waals surface area contributed by atoms with E-state index in [2.05, 4.69) is 10.3 Å². The van der Waals surface area contributed by atoms with Crippen molar-refractivity contribution in [3.8, 4) is 5.75 Å². The van der Waals surface area contributed by atoms with Crippen LogP contribution in [-0.4, -0.2) is 21.9 Å². The molecule has 2 aromatic carbocycles. The smallest absolute Gasteiger partial charge is 0.271 e. The summed E-state index contributed by atoms with van der Waals surface area (Å²) in [6, 6.07) is 17.1. The van der Waals surface area contributed by atoms with Crippen LogP contribution in [-0.2, 0) is 6.42 Å². The van der Waals surface area contributed by atoms with Crippen molar-refractivity contribution in [3.63, 3.8) is 0 Å². The molecule has 0 fully saturated rings. The summed E-state index contributed by atoms with van der Waals surface area (Å²) >= 11 is 1.44. The highest BCUT2D eigenvalue weighted by Crippen LogP contribution is 2.20. The van der Waals surface area contributed by atoms with Crippen molar-refractivity contribution in [1.82, 2.24) is 9.38 Å². The van der Waals surface area contributed by atoms with Crippen LogP contribution >= 0.6 is 11.3 Å². The number of aromatic nitrogens is 2. The van der Waals surface area contributed by atoms with Gasteiger partial charge in [-0.3, -0.25) is 14.0 Å². The van der Waals surface area contributed by atoms with Crippen LogP contribution in [0, 0.1) is 0 Å². The third-order valence-electron chi connectivity index (χ3n) is 4.49. The monoisotopic (exact) mass is 419 g/mol. The number of amides is 1. The molecule has 2 heterocycles. The Morgan fingerprint density at radius 2 is 2.00 bits per heavy atom. The second-order valence-electron chi connectivity index (χ2n) is 6.82. The Balaban J connectivity index is 1.56. The summed E-state index contributed by atoms with van der Waals surface area (Å²) < 4.78 is 7.03. The number of ether oxygens (including phenoxy) is 1. The van der Waals surface area contributed by atoms with Crippen molar-refractivity contribution in [3.05, 3.63) is 93.3 Å². The molecule has 0 bridgehead atoms. The predicted octanol–water partition coefficient (Wildman–Crippen LogP) is 4.39. The van der Waals surface area contributed by atoms with Crippen LogP contribution in [0.5, 0.6) is 5.75 Å². The van der Waals surface area contributed by atoms with Gasteiger partial charge in [0.25, 0.3) is 11.5 Å². The minimum atomic E-state index is -0.495. The molecule has 7 heteroatoms. The van der Waals surface area contributed by atoms with E-state index in [0.717, 1.165) is 16.9 Å². The number of hydrogen-bond donors (Lipinski definition) is 1. The maximum Gasteiger partial charge on any atom is 0.271 e. The van der Waals surface area contributed by atoms with Crippen molar-refractivity contribution >= 4 is 27.9 Å². The van der Waals surface area contributed by atoms with Crippen LogP contribution in [0.1, 0.15) is 34.1 Å². The van der Waals surface area contributed by atoms with E-state index in [1.54, 1.807) is 24.4 Å². The molecule has 4 rings (SSSR count). The highest BCUT2D eigenvalue weighted by molar-refractivity contribution is 7.17. The zero-order valence-electron chi connectivity index (χ0n) is 16.5. The number of nitrogens with one attached hydrogen (secondary N) is 1. The molecule has 6 nitrogen and oxygen atoms in total. The van der Waals surface area contributed by atoms with E-state index < -0.39 is 5.91 Å². The van der Waals surface area contributed by atoms with E-state index >= 15 is 0 Å². The highest BCUT2D eigenvalue weighted by Gasteiger charge is 2.16. The van der Waals surface area contributed by atoms with Gasteiger partial charge in [0.05, 0.1) is 6.61 Å². The largest absolute Gasteiger partial charge is 0.494 e. The second kappa shape index (κ2) is 8.92. The van der Waals surface area contributed by atoms with Gasteiger partial charge in [0.15, 0.2) is 4.96 Å². The lowest BCUT2D eigenvalue weighted by atomic mass is 10.1. The van der Waals surface area contributed by atoms with Gasteiger partial charge in [-0.2, -0.15) is 0 Å². The van der Waals surface area contributed by atoms with Gasteiger partial charge in [-0.05, 0) is 24.1 Å². The molecule has 0 aliphatic rings. The van der Waals surface area contributed by atoms with Crippen molar-refractivity contribution in [1.29, 1.82) is 0 Å². The van der Waals surface area contributed by atoms with Crippen molar-refractivity contribution in [2.75, 3.05) is 11.9 Å². The van der Waals surface area contributed by atoms with Gasteiger partial charge in [-0.1, -0.05) is 43.3 Å². The predicted molar refractivity (Wildman–Crippen MR) is 119 cm³/mol. The lowest BCUT2D eigenvalue weighted by molar-refractivity contribution is 0.102. The first-order valence-corrected chi connectivity index (χ1v) is 10.5. The Hall–Kier alpha value is -3.45. The highest BCUT2D eigenvalue weighted by atomic mass is 32.1. The third-order valence-corrected chi connectivity index (χ3v) is 5.48. The van der Waals surface area contributed by atoms with Gasteiger partial charge < -0.3 is 10.1 Å². The lowest BCUT2D eigenvalue weighted by Gasteiger charge is -2.08. The number of carbonyl (C=O) groups excluding carboxylic acids is 1. The quantitative estimate of drug-likeness (QED) is 0.482. The van der Waals surface area contributed by atoms with Crippen LogP contribution in [0.3, 0.4) is 0 Å². The van der Waals surface area contributed by atoms with Gasteiger partial charge in [-0.15, -0.1) is 11.3 Å². The molecule has 0 spiro atoms. The number of nitrogens with zero attached hydrogens (tertiary/aromatic N) is 2. The van der Waals surface area contributed by atoms with Gasteiger partial charge in [0, 0.05) is 35.4 Å². The van der Waals surface area contributed by atoms with Gasteiger partial charge >= 0.3 is 0 Å². The molecular formula is C23H21N3O3S. The van der Waals surface area contributed by atoms with Gasteiger partial charge in [0.1, 0.15) is 11.3 Å². The van der Waals surface area contributed by atoms with E-state index in [1.165, 1.54) is 21.9 Å². The fourth-order valence-corrected chi connectivity index (χ4v) is 4.02. The van der Waals surface area contributed by atoms with Crippen molar-refractivity contribution in [2.45, 2.75) is 19.8 Å². The molecule has 0 atom stereocenters. The van der Waals surface area contributed by atoms with Gasteiger partial charge in [-0.25, -0.2) is 4.98 Å². The molecule has 0 unspecified atom stereocenters. The zero-order chi connectivity index (χ0) is 20.9. The Bertz CT molecular complexity index is 1230. The maximum absolute atomic E-state index is 12.9. The second-order valence-corrected chi connectivity index (χ2v) is 7.91. The van der Waals surface area contributed by atoms with Gasteiger partial charge in [0.2, 0.25) is 0 Å². The Kier molecular flexibility index (Phi) is 5.90. The summed E-state index contributed by atoms with van der Waals surface area (Å²) in [5.41, 5.74) is 1.33. The standard InChI is InChI=1S/C23H21N3O3S/c1-2-11-29-18-10-6-9-17(13-18)25-21(27)20-14-24-23-26(22(20)28)15-19(30-23)12-16-7-4-3-5-8-16/h3-10,13-15H,2,11-12H2,1H3,(H,25,27). The number of carbonyl (C=O) groups is 1. The van der Waals surface area contributed by atoms with E-state index in [-0.39, 0.29) is 11.1 Å². The number of rotatable bonds is 7. The van der Waals surface area contributed by atoms with Crippen LogP contribution in [0.25, 0.3) is 4.96 Å². The first kappa shape index (κ1) is 19.8. The molecule has 0 radical (unpaired) electrons. The molecule has 1 amide bonds. The molecule has 2 aromatic heterocycles. The van der Waals surface area contributed by atoms with E-state index in [1.807, 2.05) is 43.3 Å². The fraction of sp³-hybridized carbons (Fsp3) is 0.174. The molecule has 152 valence electrons. The minimum Gasteiger partial charge on any atom is -0.494 e. The molecule has 0 aliphatic carbocycles. The first-order valence-electron chi connectivity index (χ1n) is 9.72. The molecule has 1 N–H and O–H groups in total. The van der Waals surface area contributed by atoms with Crippen molar-refractivity contribution < 1.29 is 9.53 Å². The van der Waals surface area contributed by atoms with Crippen LogP contribution < -0.4 is 15.6 Å². The summed E-state index contributed by atoms with van der Waals surface area (Å²) in [7, 11) is 0. The lowest BCUT2D eigenvalue weighted by Crippen LogP contribution is -2.25. The average molecular weight is 420 g/mol. The number of thiazole rings is 1. The summed E-state index contributed by atoms with van der Waals surface area (Å²) in [5, 5.41) is 2.76. The van der Waals surface area contributed by atoms with Crippen LogP contribution in [0.4, 0.5) is 5.69 Å². The Morgan fingerprint density at radius 3 is 2.80 bits per heavy atom. The Labute approximate surface area is 177 Å².